The summed E-state index contributed by atoms with van der Waals surface area (Å²) in [6, 6.07) is 21.8. The van der Waals surface area contributed by atoms with Crippen LogP contribution in [0.4, 0.5) is 5.69 Å². The van der Waals surface area contributed by atoms with Crippen molar-refractivity contribution < 1.29 is 18.0 Å². The lowest BCUT2D eigenvalue weighted by molar-refractivity contribution is -0.140. The Kier molecular flexibility index (Phi) is 10.8. The lowest BCUT2D eigenvalue weighted by Crippen LogP contribution is -2.55. The Balaban J connectivity index is 1.72. The maximum Gasteiger partial charge on any atom is 0.244 e. The summed E-state index contributed by atoms with van der Waals surface area (Å²) >= 11 is 3.47. The number of rotatable bonds is 11. The predicted molar refractivity (Wildman–Crippen MR) is 172 cm³/mol. The van der Waals surface area contributed by atoms with Gasteiger partial charge in [-0.3, -0.25) is 13.9 Å². The average molecular weight is 655 g/mol. The molecule has 2 amide bonds. The molecule has 0 spiro atoms. The topological polar surface area (TPSA) is 86.8 Å². The molecule has 0 saturated heterocycles. The molecule has 1 N–H and O–H groups in total. The van der Waals surface area contributed by atoms with E-state index >= 15 is 0 Å². The van der Waals surface area contributed by atoms with E-state index in [1.165, 1.54) is 0 Å². The van der Waals surface area contributed by atoms with E-state index in [9.17, 15) is 18.0 Å². The third-order valence-corrected chi connectivity index (χ3v) is 9.62. The average Bonchev–Trinajstić information content (AvgIpc) is 2.96. The zero-order valence-corrected chi connectivity index (χ0v) is 27.0. The van der Waals surface area contributed by atoms with E-state index < -0.39 is 28.5 Å². The summed E-state index contributed by atoms with van der Waals surface area (Å²) in [5.74, 6) is -0.658. The molecule has 42 heavy (non-hydrogen) atoms. The zero-order chi connectivity index (χ0) is 30.3. The van der Waals surface area contributed by atoms with E-state index in [-0.39, 0.29) is 18.5 Å². The SMILES string of the molecule is Cc1ccc(N(CC(=O)N(Cc2ccc(Br)cc2)[C@@H](Cc2ccccc2)C(=O)NC2CCCCC2)S(C)(=O)=O)cc1C. The van der Waals surface area contributed by atoms with Gasteiger partial charge in [0.25, 0.3) is 0 Å². The smallest absolute Gasteiger partial charge is 0.244 e. The van der Waals surface area contributed by atoms with Crippen LogP contribution in [0.2, 0.25) is 0 Å². The second kappa shape index (κ2) is 14.3. The second-order valence-electron chi connectivity index (χ2n) is 11.2. The number of benzene rings is 3. The molecule has 1 aliphatic rings. The fraction of sp³-hybridized carbons (Fsp3) is 0.394. The number of hydrogen-bond donors (Lipinski definition) is 1. The summed E-state index contributed by atoms with van der Waals surface area (Å²) in [6.07, 6.45) is 6.53. The molecule has 9 heteroatoms. The van der Waals surface area contributed by atoms with E-state index in [4.69, 9.17) is 0 Å². The van der Waals surface area contributed by atoms with Crippen molar-refractivity contribution in [2.45, 2.75) is 71.0 Å². The van der Waals surface area contributed by atoms with Crippen LogP contribution < -0.4 is 9.62 Å². The summed E-state index contributed by atoms with van der Waals surface area (Å²) in [5.41, 5.74) is 4.13. The number of anilines is 1. The number of carbonyl (C=O) groups is 2. The third kappa shape index (κ3) is 8.67. The van der Waals surface area contributed by atoms with E-state index in [2.05, 4.69) is 21.2 Å². The van der Waals surface area contributed by atoms with Crippen molar-refractivity contribution in [3.63, 3.8) is 0 Å². The van der Waals surface area contributed by atoms with Gasteiger partial charge in [-0.1, -0.05) is 83.7 Å². The number of amides is 2. The molecule has 1 fully saturated rings. The Labute approximate surface area is 258 Å². The Hall–Kier alpha value is -3.17. The van der Waals surface area contributed by atoms with E-state index in [0.717, 1.165) is 69.4 Å². The van der Waals surface area contributed by atoms with E-state index in [1.807, 2.05) is 74.5 Å². The highest BCUT2D eigenvalue weighted by Gasteiger charge is 2.34. The summed E-state index contributed by atoms with van der Waals surface area (Å²) in [7, 11) is -3.80. The molecule has 0 radical (unpaired) electrons. The van der Waals surface area contributed by atoms with Gasteiger partial charge in [-0.2, -0.15) is 0 Å². The molecule has 0 heterocycles. The molecule has 1 atom stereocenters. The summed E-state index contributed by atoms with van der Waals surface area (Å²) in [4.78, 5) is 29.8. The van der Waals surface area contributed by atoms with Crippen LogP contribution in [0.25, 0.3) is 0 Å². The van der Waals surface area contributed by atoms with Gasteiger partial charge in [0.05, 0.1) is 11.9 Å². The lowest BCUT2D eigenvalue weighted by atomic mass is 9.94. The van der Waals surface area contributed by atoms with Gasteiger partial charge < -0.3 is 10.2 Å². The maximum atomic E-state index is 14.3. The van der Waals surface area contributed by atoms with Gasteiger partial charge >= 0.3 is 0 Å². The van der Waals surface area contributed by atoms with Crippen LogP contribution in [0.5, 0.6) is 0 Å². The number of halogens is 1. The van der Waals surface area contributed by atoms with E-state index in [0.29, 0.717) is 12.1 Å². The fourth-order valence-electron chi connectivity index (χ4n) is 5.38. The molecule has 0 aromatic heterocycles. The number of carbonyl (C=O) groups excluding carboxylic acids is 2. The van der Waals surface area contributed by atoms with E-state index in [1.54, 1.807) is 17.0 Å². The molecule has 0 bridgehead atoms. The molecule has 4 rings (SSSR count). The van der Waals surface area contributed by atoms with Crippen molar-refractivity contribution in [3.8, 4) is 0 Å². The Bertz CT molecular complexity index is 1470. The molecule has 0 unspecified atom stereocenters. The molecule has 0 aliphatic heterocycles. The number of hydrogen-bond acceptors (Lipinski definition) is 4. The Morgan fingerprint density at radius 3 is 2.19 bits per heavy atom. The zero-order valence-electron chi connectivity index (χ0n) is 24.6. The molecule has 3 aromatic rings. The summed E-state index contributed by atoms with van der Waals surface area (Å²) in [5, 5.41) is 3.23. The molecule has 224 valence electrons. The summed E-state index contributed by atoms with van der Waals surface area (Å²) in [6.45, 7) is 3.60. The van der Waals surface area contributed by atoms with Crippen molar-refractivity contribution in [2.75, 3.05) is 17.1 Å². The molecular formula is C33H40BrN3O4S. The summed E-state index contributed by atoms with van der Waals surface area (Å²) < 4.78 is 28.1. The van der Waals surface area contributed by atoms with Gasteiger partial charge in [0.1, 0.15) is 12.6 Å². The van der Waals surface area contributed by atoms with Crippen LogP contribution in [-0.2, 0) is 32.6 Å². The van der Waals surface area contributed by atoms with Crippen molar-refractivity contribution in [1.29, 1.82) is 0 Å². The van der Waals surface area contributed by atoms with Crippen LogP contribution in [0.3, 0.4) is 0 Å². The van der Waals surface area contributed by atoms with Gasteiger partial charge in [-0.15, -0.1) is 0 Å². The van der Waals surface area contributed by atoms with Crippen LogP contribution in [-0.4, -0.2) is 50.0 Å². The fourth-order valence-corrected chi connectivity index (χ4v) is 6.48. The van der Waals surface area contributed by atoms with Crippen molar-refractivity contribution in [1.82, 2.24) is 10.2 Å². The van der Waals surface area contributed by atoms with Crippen LogP contribution >= 0.6 is 15.9 Å². The minimum atomic E-state index is -3.80. The van der Waals surface area contributed by atoms with Crippen molar-refractivity contribution in [3.05, 3.63) is 99.5 Å². The molecule has 1 saturated carbocycles. The van der Waals surface area contributed by atoms with Crippen molar-refractivity contribution >= 4 is 43.5 Å². The second-order valence-corrected chi connectivity index (χ2v) is 14.1. The molecular weight excluding hydrogens is 614 g/mol. The Morgan fingerprint density at radius 1 is 0.905 bits per heavy atom. The predicted octanol–water partition coefficient (Wildman–Crippen LogP) is 5.92. The van der Waals surface area contributed by atoms with Crippen LogP contribution in [0.1, 0.15) is 54.4 Å². The Morgan fingerprint density at radius 2 is 1.57 bits per heavy atom. The van der Waals surface area contributed by atoms with Gasteiger partial charge in [0, 0.05) is 23.5 Å². The monoisotopic (exact) mass is 653 g/mol. The van der Waals surface area contributed by atoms with Gasteiger partial charge in [0.2, 0.25) is 21.8 Å². The third-order valence-electron chi connectivity index (χ3n) is 7.95. The van der Waals surface area contributed by atoms with Crippen LogP contribution in [0.15, 0.2) is 77.3 Å². The minimum absolute atomic E-state index is 0.0669. The first-order valence-electron chi connectivity index (χ1n) is 14.4. The normalized spacial score (nSPS) is 14.7. The standard InChI is InChI=1S/C33H40BrN3O4S/c1-24-14-19-30(20-25(24)2)37(42(3,40)41)23-32(38)36(22-27-15-17-28(34)18-16-27)31(21-26-10-6-4-7-11-26)33(39)35-29-12-8-5-9-13-29/h4,6-7,10-11,14-20,29,31H,5,8-9,12-13,21-23H2,1-3H3,(H,35,39)/t31-/m0/s1. The molecule has 1 aliphatic carbocycles. The van der Waals surface area contributed by atoms with Gasteiger partial charge in [-0.25, -0.2) is 8.42 Å². The highest BCUT2D eigenvalue weighted by Crippen LogP contribution is 2.24. The number of nitrogens with one attached hydrogen (secondary N) is 1. The number of nitrogens with zero attached hydrogens (tertiary/aromatic N) is 2. The van der Waals surface area contributed by atoms with Crippen LogP contribution in [0, 0.1) is 13.8 Å². The first kappa shape index (κ1) is 31.8. The number of sulfonamides is 1. The quantitative estimate of drug-likeness (QED) is 0.278. The minimum Gasteiger partial charge on any atom is -0.352 e. The highest BCUT2D eigenvalue weighted by molar-refractivity contribution is 9.10. The molecule has 3 aromatic carbocycles. The maximum absolute atomic E-state index is 14.3. The first-order chi connectivity index (χ1) is 20.0. The number of aryl methyl sites for hydroxylation is 2. The molecule has 7 nitrogen and oxygen atoms in total. The largest absolute Gasteiger partial charge is 0.352 e. The highest BCUT2D eigenvalue weighted by atomic mass is 79.9. The lowest BCUT2D eigenvalue weighted by Gasteiger charge is -2.35. The first-order valence-corrected chi connectivity index (χ1v) is 17.1. The van der Waals surface area contributed by atoms with Gasteiger partial charge in [0.15, 0.2) is 0 Å². The van der Waals surface area contributed by atoms with Crippen molar-refractivity contribution in [2.24, 2.45) is 0 Å². The van der Waals surface area contributed by atoms with Gasteiger partial charge in [-0.05, 0) is 73.2 Å².